The second kappa shape index (κ2) is 8.73. The number of ether oxygens (including phenoxy) is 1. The zero-order valence-electron chi connectivity index (χ0n) is 18.1. The van der Waals surface area contributed by atoms with Gasteiger partial charge in [-0.25, -0.2) is 0 Å². The first-order valence-electron chi connectivity index (χ1n) is 10.7. The lowest BCUT2D eigenvalue weighted by atomic mass is 10.0. The summed E-state index contributed by atoms with van der Waals surface area (Å²) in [4.78, 5) is 27.5. The number of nitrogens with one attached hydrogen (secondary N) is 3. The quantitative estimate of drug-likeness (QED) is 0.416. The molecule has 10 heteroatoms. The average Bonchev–Trinajstić information content (AvgIpc) is 3.49. The molecule has 2 amide bonds. The van der Waals surface area contributed by atoms with Crippen molar-refractivity contribution in [3.63, 3.8) is 0 Å². The number of hydrogen-bond donors (Lipinski definition) is 3. The van der Waals surface area contributed by atoms with Gasteiger partial charge in [0.05, 0.1) is 19.3 Å². The van der Waals surface area contributed by atoms with E-state index in [1.165, 1.54) is 0 Å². The minimum absolute atomic E-state index is 0.0945. The lowest BCUT2D eigenvalue weighted by Crippen LogP contribution is -2.36. The zero-order chi connectivity index (χ0) is 22.8. The van der Waals surface area contributed by atoms with Crippen molar-refractivity contribution >= 4 is 22.8 Å². The monoisotopic (exact) mass is 445 g/mol. The van der Waals surface area contributed by atoms with Crippen LogP contribution in [0.15, 0.2) is 42.5 Å². The molecule has 3 heterocycles. The highest BCUT2D eigenvalue weighted by molar-refractivity contribution is 5.98. The summed E-state index contributed by atoms with van der Waals surface area (Å²) in [6.45, 7) is 1.34. The van der Waals surface area contributed by atoms with Gasteiger partial charge in [0, 0.05) is 24.2 Å². The third kappa shape index (κ3) is 4.02. The standard InChI is InChI=1S/C23H23N7O3/c1-33-20-5-3-2-4-14(20)8-10-24-22(31)21-16-9-11-30(13-19(16)25-28-21)23(32)15-6-7-17-18(12-15)27-29-26-17/h2-7,12H,8-11,13H2,1H3,(H,24,31)(H,25,28)(H,26,27,29). The smallest absolute Gasteiger partial charge is 0.272 e. The van der Waals surface area contributed by atoms with Crippen LogP contribution in [0.25, 0.3) is 11.0 Å². The molecule has 1 aliphatic heterocycles. The molecule has 0 fully saturated rings. The number of nitrogens with zero attached hydrogens (tertiary/aromatic N) is 4. The summed E-state index contributed by atoms with van der Waals surface area (Å²) in [7, 11) is 1.63. The van der Waals surface area contributed by atoms with Gasteiger partial charge in [0.2, 0.25) is 0 Å². The normalized spacial score (nSPS) is 13.1. The van der Waals surface area contributed by atoms with Crippen molar-refractivity contribution < 1.29 is 14.3 Å². The van der Waals surface area contributed by atoms with Gasteiger partial charge in [-0.05, 0) is 42.7 Å². The molecule has 0 bridgehead atoms. The summed E-state index contributed by atoms with van der Waals surface area (Å²) in [6, 6.07) is 13.0. The molecule has 0 aliphatic carbocycles. The highest BCUT2D eigenvalue weighted by Gasteiger charge is 2.28. The van der Waals surface area contributed by atoms with Crippen LogP contribution in [0.2, 0.25) is 0 Å². The number of benzene rings is 2. The summed E-state index contributed by atoms with van der Waals surface area (Å²) in [5.41, 5.74) is 4.97. The van der Waals surface area contributed by atoms with Crippen LogP contribution in [0.1, 0.15) is 37.7 Å². The maximum Gasteiger partial charge on any atom is 0.272 e. The van der Waals surface area contributed by atoms with Crippen LogP contribution in [0.4, 0.5) is 0 Å². The predicted octanol–water partition coefficient (Wildman–Crippen LogP) is 1.86. The van der Waals surface area contributed by atoms with Crippen LogP contribution < -0.4 is 10.1 Å². The number of carbonyl (C=O) groups is 2. The Morgan fingerprint density at radius 2 is 1.97 bits per heavy atom. The van der Waals surface area contributed by atoms with E-state index in [0.717, 1.165) is 22.6 Å². The molecule has 0 spiro atoms. The number of aromatic amines is 2. The number of H-pyrrole nitrogens is 2. The second-order valence-electron chi connectivity index (χ2n) is 7.85. The summed E-state index contributed by atoms with van der Waals surface area (Å²) in [6.07, 6.45) is 1.21. The van der Waals surface area contributed by atoms with Crippen LogP contribution >= 0.6 is 0 Å². The first kappa shape index (κ1) is 20.7. The van der Waals surface area contributed by atoms with Crippen LogP contribution in [-0.2, 0) is 19.4 Å². The summed E-state index contributed by atoms with van der Waals surface area (Å²) in [5.74, 6) is 0.484. The molecule has 0 saturated carbocycles. The summed E-state index contributed by atoms with van der Waals surface area (Å²) >= 11 is 0. The Morgan fingerprint density at radius 3 is 2.85 bits per heavy atom. The van der Waals surface area contributed by atoms with E-state index >= 15 is 0 Å². The van der Waals surface area contributed by atoms with Gasteiger partial charge in [-0.2, -0.15) is 20.5 Å². The van der Waals surface area contributed by atoms with Crippen molar-refractivity contribution in [3.05, 3.63) is 70.5 Å². The molecule has 5 rings (SSSR count). The molecule has 0 radical (unpaired) electrons. The maximum atomic E-state index is 13.0. The molecule has 3 N–H and O–H groups in total. The maximum absolute atomic E-state index is 13.0. The SMILES string of the molecule is COc1ccccc1CCNC(=O)c1n[nH]c2c1CCN(C(=O)c1ccc3n[nH]nc3c1)C2. The number of amides is 2. The minimum Gasteiger partial charge on any atom is -0.496 e. The molecule has 4 aromatic rings. The lowest BCUT2D eigenvalue weighted by Gasteiger charge is -2.27. The number of carbonyl (C=O) groups excluding carboxylic acids is 2. The third-order valence-electron chi connectivity index (χ3n) is 5.87. The van der Waals surface area contributed by atoms with E-state index in [2.05, 4.69) is 30.9 Å². The fourth-order valence-electron chi connectivity index (χ4n) is 4.14. The van der Waals surface area contributed by atoms with E-state index in [1.807, 2.05) is 24.3 Å². The first-order chi connectivity index (χ1) is 16.1. The Bertz CT molecular complexity index is 1330. The zero-order valence-corrected chi connectivity index (χ0v) is 18.1. The van der Waals surface area contributed by atoms with Gasteiger partial charge < -0.3 is 15.0 Å². The Labute approximate surface area is 189 Å². The molecule has 33 heavy (non-hydrogen) atoms. The molecule has 10 nitrogen and oxygen atoms in total. The van der Waals surface area contributed by atoms with Crippen LogP contribution in [0.3, 0.4) is 0 Å². The molecule has 2 aromatic carbocycles. The Balaban J connectivity index is 1.23. The van der Waals surface area contributed by atoms with Crippen LogP contribution in [-0.4, -0.2) is 62.5 Å². The van der Waals surface area contributed by atoms with Crippen molar-refractivity contribution in [2.75, 3.05) is 20.2 Å². The van der Waals surface area contributed by atoms with Crippen molar-refractivity contribution in [2.24, 2.45) is 0 Å². The van der Waals surface area contributed by atoms with Crippen molar-refractivity contribution in [2.45, 2.75) is 19.4 Å². The summed E-state index contributed by atoms with van der Waals surface area (Å²) in [5, 5.41) is 20.7. The van der Waals surface area contributed by atoms with Gasteiger partial charge in [-0.1, -0.05) is 18.2 Å². The number of methoxy groups -OCH3 is 1. The Hall–Kier alpha value is -4.21. The van der Waals surface area contributed by atoms with Gasteiger partial charge in [-0.15, -0.1) is 0 Å². The van der Waals surface area contributed by atoms with E-state index in [1.54, 1.807) is 30.2 Å². The Morgan fingerprint density at radius 1 is 1.12 bits per heavy atom. The number of rotatable bonds is 6. The lowest BCUT2D eigenvalue weighted by molar-refractivity contribution is 0.0732. The Kier molecular flexibility index (Phi) is 5.47. The van der Waals surface area contributed by atoms with Gasteiger partial charge in [0.1, 0.15) is 16.8 Å². The van der Waals surface area contributed by atoms with Gasteiger partial charge >= 0.3 is 0 Å². The molecular weight excluding hydrogens is 422 g/mol. The third-order valence-corrected chi connectivity index (χ3v) is 5.87. The van der Waals surface area contributed by atoms with E-state index in [0.29, 0.717) is 54.8 Å². The fraction of sp³-hybridized carbons (Fsp3) is 0.261. The minimum atomic E-state index is -0.223. The van der Waals surface area contributed by atoms with Gasteiger partial charge in [0.25, 0.3) is 11.8 Å². The first-order valence-corrected chi connectivity index (χ1v) is 10.7. The average molecular weight is 445 g/mol. The van der Waals surface area contributed by atoms with E-state index < -0.39 is 0 Å². The molecule has 0 saturated heterocycles. The topological polar surface area (TPSA) is 129 Å². The van der Waals surface area contributed by atoms with Crippen molar-refractivity contribution in [1.29, 1.82) is 0 Å². The molecule has 0 unspecified atom stereocenters. The fourth-order valence-corrected chi connectivity index (χ4v) is 4.14. The van der Waals surface area contributed by atoms with Gasteiger partial charge in [-0.3, -0.25) is 14.7 Å². The second-order valence-corrected chi connectivity index (χ2v) is 7.85. The molecular formula is C23H23N7O3. The van der Waals surface area contributed by atoms with Crippen molar-refractivity contribution in [3.8, 4) is 5.75 Å². The number of hydrogen-bond acceptors (Lipinski definition) is 6. The predicted molar refractivity (Wildman–Crippen MR) is 120 cm³/mol. The highest BCUT2D eigenvalue weighted by atomic mass is 16.5. The van der Waals surface area contributed by atoms with Crippen LogP contribution in [0.5, 0.6) is 5.75 Å². The van der Waals surface area contributed by atoms with E-state index in [-0.39, 0.29) is 11.8 Å². The number of aromatic nitrogens is 5. The van der Waals surface area contributed by atoms with Gasteiger partial charge in [0.15, 0.2) is 5.69 Å². The van der Waals surface area contributed by atoms with E-state index in [4.69, 9.17) is 4.74 Å². The number of fused-ring (bicyclic) bond motifs is 2. The molecule has 2 aromatic heterocycles. The van der Waals surface area contributed by atoms with E-state index in [9.17, 15) is 9.59 Å². The molecule has 0 atom stereocenters. The largest absolute Gasteiger partial charge is 0.496 e. The number of para-hydroxylation sites is 1. The highest BCUT2D eigenvalue weighted by Crippen LogP contribution is 2.23. The van der Waals surface area contributed by atoms with Crippen LogP contribution in [0, 0.1) is 0 Å². The van der Waals surface area contributed by atoms with Crippen molar-refractivity contribution in [1.82, 2.24) is 35.8 Å². The summed E-state index contributed by atoms with van der Waals surface area (Å²) < 4.78 is 5.36. The molecule has 168 valence electrons. The molecule has 1 aliphatic rings.